The largest absolute Gasteiger partial charge is 0.452 e. The van der Waals surface area contributed by atoms with Crippen LogP contribution >= 0.6 is 11.6 Å². The Morgan fingerprint density at radius 1 is 1.03 bits per heavy atom. The van der Waals surface area contributed by atoms with Crippen LogP contribution in [0.25, 0.3) is 0 Å². The van der Waals surface area contributed by atoms with Crippen LogP contribution in [0.4, 0.5) is 0 Å². The summed E-state index contributed by atoms with van der Waals surface area (Å²) in [4.78, 5) is 50.3. The van der Waals surface area contributed by atoms with Crippen molar-refractivity contribution in [1.29, 1.82) is 0 Å². The van der Waals surface area contributed by atoms with Gasteiger partial charge in [0.05, 0.1) is 16.7 Å². The number of hydrogen-bond donors (Lipinski definition) is 1. The van der Waals surface area contributed by atoms with Crippen molar-refractivity contribution in [2.45, 2.75) is 13.0 Å². The van der Waals surface area contributed by atoms with Crippen LogP contribution in [0, 0.1) is 0 Å². The number of amides is 3. The van der Waals surface area contributed by atoms with Crippen molar-refractivity contribution in [1.82, 2.24) is 10.2 Å². The lowest BCUT2D eigenvalue weighted by molar-refractivity contribution is -0.124. The lowest BCUT2D eigenvalue weighted by atomic mass is 10.1. The summed E-state index contributed by atoms with van der Waals surface area (Å²) >= 11 is 5.81. The SMILES string of the molecule is COCCCN1C(=O)c2ccc(C(=O)OCC(=O)NCc3ccc(Cl)cc3)cc2C1=O. The smallest absolute Gasteiger partial charge is 0.338 e. The average Bonchev–Trinajstić information content (AvgIpc) is 3.01. The first-order valence-electron chi connectivity index (χ1n) is 9.58. The van der Waals surface area contributed by atoms with E-state index >= 15 is 0 Å². The Hall–Kier alpha value is -3.23. The zero-order chi connectivity index (χ0) is 22.4. The fourth-order valence-electron chi connectivity index (χ4n) is 3.06. The molecule has 0 radical (unpaired) electrons. The van der Waals surface area contributed by atoms with Gasteiger partial charge < -0.3 is 14.8 Å². The van der Waals surface area contributed by atoms with Crippen LogP contribution in [-0.2, 0) is 20.8 Å². The number of nitrogens with zero attached hydrogens (tertiary/aromatic N) is 1. The van der Waals surface area contributed by atoms with Gasteiger partial charge in [0.25, 0.3) is 17.7 Å². The maximum absolute atomic E-state index is 12.5. The van der Waals surface area contributed by atoms with E-state index in [1.54, 1.807) is 24.3 Å². The van der Waals surface area contributed by atoms with Crippen LogP contribution in [0.3, 0.4) is 0 Å². The molecule has 2 aromatic carbocycles. The second-order valence-electron chi connectivity index (χ2n) is 6.85. The number of rotatable bonds is 9. The van der Waals surface area contributed by atoms with E-state index < -0.39 is 30.3 Å². The second-order valence-corrected chi connectivity index (χ2v) is 7.28. The summed E-state index contributed by atoms with van der Waals surface area (Å²) in [5.74, 6) is -2.10. The molecule has 1 N–H and O–H groups in total. The van der Waals surface area contributed by atoms with E-state index in [0.717, 1.165) is 10.5 Å². The van der Waals surface area contributed by atoms with Crippen molar-refractivity contribution in [3.05, 3.63) is 69.7 Å². The van der Waals surface area contributed by atoms with Gasteiger partial charge in [-0.15, -0.1) is 0 Å². The quantitative estimate of drug-likeness (QED) is 0.362. The van der Waals surface area contributed by atoms with Gasteiger partial charge in [-0.05, 0) is 42.3 Å². The molecular formula is C22H21ClN2O6. The van der Waals surface area contributed by atoms with Gasteiger partial charge in [0, 0.05) is 31.8 Å². The highest BCUT2D eigenvalue weighted by molar-refractivity contribution is 6.30. The molecule has 3 rings (SSSR count). The summed E-state index contributed by atoms with van der Waals surface area (Å²) in [5, 5.41) is 3.23. The van der Waals surface area contributed by atoms with Crippen LogP contribution in [0.1, 0.15) is 43.1 Å². The molecule has 0 atom stereocenters. The minimum absolute atomic E-state index is 0.0872. The van der Waals surface area contributed by atoms with E-state index in [4.69, 9.17) is 21.1 Å². The highest BCUT2D eigenvalue weighted by Gasteiger charge is 2.35. The van der Waals surface area contributed by atoms with E-state index in [1.807, 2.05) is 0 Å². The normalized spacial score (nSPS) is 12.6. The molecule has 0 aliphatic carbocycles. The first kappa shape index (κ1) is 22.5. The maximum atomic E-state index is 12.5. The molecule has 8 nitrogen and oxygen atoms in total. The third-order valence-corrected chi connectivity index (χ3v) is 4.93. The average molecular weight is 445 g/mol. The lowest BCUT2D eigenvalue weighted by Gasteiger charge is -2.12. The van der Waals surface area contributed by atoms with Crippen LogP contribution in [-0.4, -0.2) is 55.5 Å². The molecule has 9 heteroatoms. The molecular weight excluding hydrogens is 424 g/mol. The van der Waals surface area contributed by atoms with Crippen molar-refractivity contribution in [3.63, 3.8) is 0 Å². The fourth-order valence-corrected chi connectivity index (χ4v) is 3.18. The Bertz CT molecular complexity index is 1010. The van der Waals surface area contributed by atoms with Crippen LogP contribution < -0.4 is 5.32 Å². The molecule has 0 spiro atoms. The summed E-state index contributed by atoms with van der Waals surface area (Å²) in [6, 6.07) is 11.1. The van der Waals surface area contributed by atoms with Gasteiger partial charge >= 0.3 is 5.97 Å². The standard InChI is InChI=1S/C22H21ClN2O6/c1-30-10-2-9-25-20(27)17-8-5-15(11-18(17)21(25)28)22(29)31-13-19(26)24-12-14-3-6-16(23)7-4-14/h3-8,11H,2,9-10,12-13H2,1H3,(H,24,26). The van der Waals surface area contributed by atoms with Crippen molar-refractivity contribution in [2.75, 3.05) is 26.9 Å². The van der Waals surface area contributed by atoms with Gasteiger partial charge in [-0.1, -0.05) is 23.7 Å². The monoisotopic (exact) mass is 444 g/mol. The number of ether oxygens (including phenoxy) is 2. The molecule has 0 unspecified atom stereocenters. The number of carbonyl (C=O) groups is 4. The van der Waals surface area contributed by atoms with Crippen molar-refractivity contribution in [2.24, 2.45) is 0 Å². The topological polar surface area (TPSA) is 102 Å². The Kier molecular flexibility index (Phi) is 7.38. The highest BCUT2D eigenvalue weighted by atomic mass is 35.5. The number of methoxy groups -OCH3 is 1. The predicted molar refractivity (Wildman–Crippen MR) is 112 cm³/mol. The highest BCUT2D eigenvalue weighted by Crippen LogP contribution is 2.24. The third-order valence-electron chi connectivity index (χ3n) is 4.67. The molecule has 0 bridgehead atoms. The van der Waals surface area contributed by atoms with Crippen molar-refractivity contribution >= 4 is 35.3 Å². The van der Waals surface area contributed by atoms with Crippen LogP contribution in [0.15, 0.2) is 42.5 Å². The van der Waals surface area contributed by atoms with Gasteiger partial charge in [-0.2, -0.15) is 0 Å². The molecule has 0 saturated heterocycles. The zero-order valence-corrected chi connectivity index (χ0v) is 17.6. The van der Waals surface area contributed by atoms with E-state index in [0.29, 0.717) is 18.1 Å². The van der Waals surface area contributed by atoms with Crippen LogP contribution in [0.2, 0.25) is 5.02 Å². The number of benzene rings is 2. The Balaban J connectivity index is 1.55. The number of hydrogen-bond acceptors (Lipinski definition) is 6. The molecule has 0 aromatic heterocycles. The Labute approximate surface area is 184 Å². The molecule has 0 fully saturated rings. The van der Waals surface area contributed by atoms with Crippen LogP contribution in [0.5, 0.6) is 0 Å². The van der Waals surface area contributed by atoms with E-state index in [-0.39, 0.29) is 29.8 Å². The zero-order valence-electron chi connectivity index (χ0n) is 16.9. The third kappa shape index (κ3) is 5.48. The number of carbonyl (C=O) groups excluding carboxylic acids is 4. The molecule has 162 valence electrons. The molecule has 1 aliphatic heterocycles. The Morgan fingerprint density at radius 2 is 1.74 bits per heavy atom. The number of esters is 1. The van der Waals surface area contributed by atoms with Gasteiger partial charge in [-0.3, -0.25) is 19.3 Å². The number of fused-ring (bicyclic) bond motifs is 1. The number of halogens is 1. The van der Waals surface area contributed by atoms with Crippen molar-refractivity contribution in [3.8, 4) is 0 Å². The first-order chi connectivity index (χ1) is 14.9. The molecule has 31 heavy (non-hydrogen) atoms. The van der Waals surface area contributed by atoms with Gasteiger partial charge in [0.15, 0.2) is 6.61 Å². The summed E-state index contributed by atoms with van der Waals surface area (Å²) < 4.78 is 9.97. The fraction of sp³-hybridized carbons (Fsp3) is 0.273. The summed E-state index contributed by atoms with van der Waals surface area (Å²) in [5.41, 5.74) is 1.31. The Morgan fingerprint density at radius 3 is 2.45 bits per heavy atom. The summed E-state index contributed by atoms with van der Waals surface area (Å²) in [6.07, 6.45) is 0.516. The van der Waals surface area contributed by atoms with Gasteiger partial charge in [-0.25, -0.2) is 4.79 Å². The minimum Gasteiger partial charge on any atom is -0.452 e. The second kappa shape index (κ2) is 10.2. The van der Waals surface area contributed by atoms with Crippen molar-refractivity contribution < 1.29 is 28.7 Å². The summed E-state index contributed by atoms with van der Waals surface area (Å²) in [7, 11) is 1.54. The molecule has 3 amide bonds. The lowest BCUT2D eigenvalue weighted by Crippen LogP contribution is -2.31. The number of nitrogens with one attached hydrogen (secondary N) is 1. The predicted octanol–water partition coefficient (Wildman–Crippen LogP) is 2.45. The van der Waals surface area contributed by atoms with E-state index in [1.165, 1.54) is 25.3 Å². The minimum atomic E-state index is -0.762. The molecule has 1 aliphatic rings. The van der Waals surface area contributed by atoms with Gasteiger partial charge in [0.1, 0.15) is 0 Å². The number of imide groups is 1. The molecule has 0 saturated carbocycles. The van der Waals surface area contributed by atoms with Gasteiger partial charge in [0.2, 0.25) is 0 Å². The first-order valence-corrected chi connectivity index (χ1v) is 9.96. The summed E-state index contributed by atoms with van der Waals surface area (Å²) in [6.45, 7) is 0.445. The molecule has 2 aromatic rings. The maximum Gasteiger partial charge on any atom is 0.338 e. The van der Waals surface area contributed by atoms with E-state index in [9.17, 15) is 19.2 Å². The van der Waals surface area contributed by atoms with E-state index in [2.05, 4.69) is 5.32 Å². The molecule has 1 heterocycles.